The summed E-state index contributed by atoms with van der Waals surface area (Å²) in [7, 11) is 0. The molecule has 0 radical (unpaired) electrons. The first-order valence-electron chi connectivity index (χ1n) is 10.4. The maximum absolute atomic E-state index is 14.0. The first kappa shape index (κ1) is 24.5. The molecule has 1 aliphatic heterocycles. The van der Waals surface area contributed by atoms with E-state index in [2.05, 4.69) is 0 Å². The van der Waals surface area contributed by atoms with Gasteiger partial charge in [0.15, 0.2) is 10.9 Å². The van der Waals surface area contributed by atoms with Crippen LogP contribution in [0.4, 0.5) is 17.6 Å². The van der Waals surface area contributed by atoms with E-state index >= 15 is 0 Å². The summed E-state index contributed by atoms with van der Waals surface area (Å²) < 4.78 is 69.4. The van der Waals surface area contributed by atoms with Crippen molar-refractivity contribution in [2.24, 2.45) is 5.92 Å². The van der Waals surface area contributed by atoms with E-state index in [1.54, 1.807) is 23.1 Å². The van der Waals surface area contributed by atoms with Crippen LogP contribution in [-0.4, -0.2) is 38.9 Å². The predicted octanol–water partition coefficient (Wildman–Crippen LogP) is 5.01. The smallest absolute Gasteiger partial charge is 0.412 e. The summed E-state index contributed by atoms with van der Waals surface area (Å²) in [6.07, 6.45) is -4.07. The quantitative estimate of drug-likeness (QED) is 0.440. The third-order valence-corrected chi connectivity index (χ3v) is 7.06. The fourth-order valence-corrected chi connectivity index (χ4v) is 5.26. The molecule has 2 atom stereocenters. The van der Waals surface area contributed by atoms with Crippen LogP contribution >= 0.6 is 0 Å². The number of fused-ring (bicyclic) bond motifs is 1. The number of rotatable bonds is 6. The molecule has 0 fully saturated rings. The fraction of sp³-hybridized carbons (Fsp3) is 0.435. The van der Waals surface area contributed by atoms with E-state index in [4.69, 9.17) is 0 Å². The zero-order valence-corrected chi connectivity index (χ0v) is 19.0. The van der Waals surface area contributed by atoms with Gasteiger partial charge in [0.25, 0.3) is 0 Å². The standard InChI is InChI=1S/C23H26F4N2O2S/c1-4-29(21(23(25,26)27)17-5-8-19(24)9-6-17)32(31)20-10-7-16-11-12-28(14-18(16)13-20)22(30)15(2)3/h5-10,13,15,21H,4,11-12,14H2,1-3H3/t21-,32?/m0/s1. The molecule has 0 saturated heterocycles. The zero-order valence-electron chi connectivity index (χ0n) is 18.2. The summed E-state index contributed by atoms with van der Waals surface area (Å²) in [4.78, 5) is 14.3. The molecule has 1 unspecified atom stereocenters. The number of carbonyl (C=O) groups excluding carboxylic acids is 1. The lowest BCUT2D eigenvalue weighted by Crippen LogP contribution is -2.42. The van der Waals surface area contributed by atoms with Gasteiger partial charge in [0.1, 0.15) is 5.82 Å². The summed E-state index contributed by atoms with van der Waals surface area (Å²) in [5, 5.41) is 0. The average molecular weight is 471 g/mol. The molecule has 9 heteroatoms. The van der Waals surface area contributed by atoms with Crippen LogP contribution in [0.15, 0.2) is 47.4 Å². The van der Waals surface area contributed by atoms with Crippen molar-refractivity contribution in [3.05, 3.63) is 65.0 Å². The highest BCUT2D eigenvalue weighted by Crippen LogP contribution is 2.40. The van der Waals surface area contributed by atoms with Gasteiger partial charge in [-0.1, -0.05) is 32.0 Å². The molecule has 1 heterocycles. The molecule has 0 bridgehead atoms. The number of benzene rings is 2. The lowest BCUT2D eigenvalue weighted by molar-refractivity contribution is -0.173. The summed E-state index contributed by atoms with van der Waals surface area (Å²) in [5.41, 5.74) is 1.60. The number of halogens is 4. The second kappa shape index (κ2) is 9.80. The van der Waals surface area contributed by atoms with E-state index in [1.807, 2.05) is 13.8 Å². The SMILES string of the molecule is CCN([C@@H](c1ccc(F)cc1)C(F)(F)F)[S+]([O-])c1ccc2c(c1)CN(C(=O)C(C)C)CC2. The lowest BCUT2D eigenvalue weighted by atomic mass is 9.99. The predicted molar refractivity (Wildman–Crippen MR) is 114 cm³/mol. The van der Waals surface area contributed by atoms with Gasteiger partial charge in [0.05, 0.1) is 11.4 Å². The first-order chi connectivity index (χ1) is 15.0. The monoisotopic (exact) mass is 470 g/mol. The number of alkyl halides is 3. The van der Waals surface area contributed by atoms with Crippen molar-refractivity contribution >= 4 is 17.3 Å². The third-order valence-electron chi connectivity index (χ3n) is 5.51. The Morgan fingerprint density at radius 3 is 2.38 bits per heavy atom. The Kier molecular flexibility index (Phi) is 7.52. The Balaban J connectivity index is 1.92. The third kappa shape index (κ3) is 5.27. The summed E-state index contributed by atoms with van der Waals surface area (Å²) in [5.74, 6) is -0.799. The Morgan fingerprint density at radius 1 is 1.16 bits per heavy atom. The van der Waals surface area contributed by atoms with Crippen LogP contribution < -0.4 is 0 Å². The van der Waals surface area contributed by atoms with Gasteiger partial charge >= 0.3 is 6.18 Å². The molecule has 4 nitrogen and oxygen atoms in total. The van der Waals surface area contributed by atoms with E-state index < -0.39 is 29.4 Å². The summed E-state index contributed by atoms with van der Waals surface area (Å²) >= 11 is -2.12. The molecule has 0 saturated carbocycles. The van der Waals surface area contributed by atoms with Crippen molar-refractivity contribution in [3.8, 4) is 0 Å². The number of amides is 1. The van der Waals surface area contributed by atoms with Crippen molar-refractivity contribution in [3.63, 3.8) is 0 Å². The highest BCUT2D eigenvalue weighted by atomic mass is 32.2. The molecular formula is C23H26F4N2O2S. The van der Waals surface area contributed by atoms with Crippen molar-refractivity contribution in [1.82, 2.24) is 9.21 Å². The van der Waals surface area contributed by atoms with Crippen LogP contribution in [-0.2, 0) is 29.1 Å². The minimum absolute atomic E-state index is 0.00538. The van der Waals surface area contributed by atoms with Crippen LogP contribution in [0.3, 0.4) is 0 Å². The van der Waals surface area contributed by atoms with Gasteiger partial charge < -0.3 is 9.45 Å². The van der Waals surface area contributed by atoms with Gasteiger partial charge in [-0.25, -0.2) is 4.39 Å². The van der Waals surface area contributed by atoms with Gasteiger partial charge in [0, 0.05) is 31.6 Å². The minimum atomic E-state index is -4.71. The average Bonchev–Trinajstić information content (AvgIpc) is 2.75. The van der Waals surface area contributed by atoms with Crippen LogP contribution in [0.5, 0.6) is 0 Å². The van der Waals surface area contributed by atoms with Gasteiger partial charge in [-0.3, -0.25) is 4.79 Å². The topological polar surface area (TPSA) is 46.6 Å². The second-order valence-electron chi connectivity index (χ2n) is 8.07. The molecule has 0 spiro atoms. The molecule has 2 aromatic rings. The van der Waals surface area contributed by atoms with Gasteiger partial charge in [-0.05, 0) is 48.2 Å². The van der Waals surface area contributed by atoms with Gasteiger partial charge in [-0.15, -0.1) is 4.31 Å². The Labute approximate surface area is 188 Å². The van der Waals surface area contributed by atoms with E-state index in [1.165, 1.54) is 6.92 Å². The summed E-state index contributed by atoms with van der Waals surface area (Å²) in [6, 6.07) is 6.89. The van der Waals surface area contributed by atoms with Crippen LogP contribution in [0, 0.1) is 11.7 Å². The lowest BCUT2D eigenvalue weighted by Gasteiger charge is -2.33. The van der Waals surface area contributed by atoms with Crippen molar-refractivity contribution in [1.29, 1.82) is 0 Å². The van der Waals surface area contributed by atoms with Gasteiger partial charge in [0.2, 0.25) is 5.91 Å². The van der Waals surface area contributed by atoms with E-state index in [9.17, 15) is 26.9 Å². The van der Waals surface area contributed by atoms with Crippen LogP contribution in [0.25, 0.3) is 0 Å². The minimum Gasteiger partial charge on any atom is -0.593 e. The molecule has 174 valence electrons. The molecule has 1 aliphatic rings. The van der Waals surface area contributed by atoms with Crippen molar-refractivity contribution in [2.75, 3.05) is 13.1 Å². The van der Waals surface area contributed by atoms with E-state index in [0.29, 0.717) is 19.5 Å². The molecule has 3 rings (SSSR count). The van der Waals surface area contributed by atoms with Crippen molar-refractivity contribution in [2.45, 2.75) is 50.9 Å². The Hall–Kier alpha value is -2.10. The van der Waals surface area contributed by atoms with Crippen molar-refractivity contribution < 1.29 is 26.9 Å². The Morgan fingerprint density at radius 2 is 1.81 bits per heavy atom. The second-order valence-corrected chi connectivity index (χ2v) is 9.51. The molecule has 2 aromatic carbocycles. The fourth-order valence-electron chi connectivity index (χ4n) is 3.89. The van der Waals surface area contributed by atoms with E-state index in [0.717, 1.165) is 39.7 Å². The number of hydrogen-bond acceptors (Lipinski definition) is 3. The zero-order chi connectivity index (χ0) is 23.6. The molecule has 1 amide bonds. The summed E-state index contributed by atoms with van der Waals surface area (Å²) in [6.45, 7) is 5.91. The normalized spacial score (nSPS) is 16.2. The highest BCUT2D eigenvalue weighted by molar-refractivity contribution is 7.89. The first-order valence-corrected chi connectivity index (χ1v) is 11.5. The molecule has 0 aromatic heterocycles. The number of nitrogens with zero attached hydrogens (tertiary/aromatic N) is 2. The molecule has 0 N–H and O–H groups in total. The maximum atomic E-state index is 14.0. The number of hydrogen-bond donors (Lipinski definition) is 0. The highest BCUT2D eigenvalue weighted by Gasteiger charge is 2.49. The Bertz CT molecular complexity index is 950. The largest absolute Gasteiger partial charge is 0.593 e. The van der Waals surface area contributed by atoms with Crippen LogP contribution in [0.2, 0.25) is 0 Å². The molecule has 32 heavy (non-hydrogen) atoms. The van der Waals surface area contributed by atoms with E-state index in [-0.39, 0.29) is 28.8 Å². The number of carbonyl (C=O) groups is 1. The molecule has 0 aliphatic carbocycles. The van der Waals surface area contributed by atoms with Crippen LogP contribution in [0.1, 0.15) is 43.5 Å². The molecular weight excluding hydrogens is 444 g/mol. The maximum Gasteiger partial charge on any atom is 0.412 e. The van der Waals surface area contributed by atoms with Gasteiger partial charge in [-0.2, -0.15) is 13.2 Å².